The van der Waals surface area contributed by atoms with Gasteiger partial charge in [0.1, 0.15) is 5.75 Å². The molecule has 124 valence electrons. The third kappa shape index (κ3) is 4.20. The van der Waals surface area contributed by atoms with E-state index < -0.39 is 6.10 Å². The van der Waals surface area contributed by atoms with Crippen molar-refractivity contribution < 1.29 is 14.9 Å². The molecule has 1 heterocycles. The summed E-state index contributed by atoms with van der Waals surface area (Å²) in [5, 5.41) is 19.6. The second kappa shape index (κ2) is 7.92. The number of hydrogen-bond donors (Lipinski definition) is 2. The van der Waals surface area contributed by atoms with Crippen molar-refractivity contribution in [3.05, 3.63) is 28.8 Å². The Morgan fingerprint density at radius 3 is 2.14 bits per heavy atom. The predicted molar refractivity (Wildman–Crippen MR) is 87.4 cm³/mol. The smallest absolute Gasteiger partial charge is 0.119 e. The first-order valence-electron chi connectivity index (χ1n) is 7.94. The zero-order chi connectivity index (χ0) is 16.1. The molecule has 0 amide bonds. The molecular weight excluding hydrogens is 280 g/mol. The van der Waals surface area contributed by atoms with Gasteiger partial charge in [0.2, 0.25) is 0 Å². The average Bonchev–Trinajstić information content (AvgIpc) is 2.48. The van der Waals surface area contributed by atoms with E-state index in [4.69, 9.17) is 9.84 Å². The molecule has 0 radical (unpaired) electrons. The van der Waals surface area contributed by atoms with Gasteiger partial charge in [0, 0.05) is 39.3 Å². The Morgan fingerprint density at radius 1 is 1.09 bits per heavy atom. The van der Waals surface area contributed by atoms with Gasteiger partial charge in [0.25, 0.3) is 0 Å². The molecule has 2 rings (SSSR count). The van der Waals surface area contributed by atoms with Gasteiger partial charge in [-0.2, -0.15) is 0 Å². The molecule has 1 fully saturated rings. The molecule has 0 spiro atoms. The zero-order valence-electron chi connectivity index (χ0n) is 13.9. The van der Waals surface area contributed by atoms with E-state index in [1.165, 1.54) is 0 Å². The van der Waals surface area contributed by atoms with Crippen LogP contribution in [0.4, 0.5) is 0 Å². The summed E-state index contributed by atoms with van der Waals surface area (Å²) in [6.45, 7) is 9.43. The highest BCUT2D eigenvalue weighted by Crippen LogP contribution is 2.27. The topological polar surface area (TPSA) is 56.2 Å². The van der Waals surface area contributed by atoms with Gasteiger partial charge in [-0.05, 0) is 42.7 Å². The van der Waals surface area contributed by atoms with Crippen LogP contribution < -0.4 is 4.74 Å². The Labute approximate surface area is 133 Å². The fourth-order valence-electron chi connectivity index (χ4n) is 3.25. The molecule has 1 atom stereocenters. The number of benzene rings is 1. The number of ether oxygens (including phenoxy) is 1. The first kappa shape index (κ1) is 17.2. The van der Waals surface area contributed by atoms with Gasteiger partial charge >= 0.3 is 0 Å². The Hall–Kier alpha value is -1.14. The first-order chi connectivity index (χ1) is 10.5. The molecular formula is C17H28N2O3. The van der Waals surface area contributed by atoms with E-state index in [0.29, 0.717) is 6.54 Å². The van der Waals surface area contributed by atoms with Crippen LogP contribution in [-0.4, -0.2) is 73.0 Å². The lowest BCUT2D eigenvalue weighted by Crippen LogP contribution is -2.48. The molecule has 1 aromatic carbocycles. The van der Waals surface area contributed by atoms with Crippen LogP contribution in [0.2, 0.25) is 0 Å². The maximum Gasteiger partial charge on any atom is 0.119 e. The number of rotatable bonds is 6. The van der Waals surface area contributed by atoms with Crippen LogP contribution in [0, 0.1) is 13.8 Å². The van der Waals surface area contributed by atoms with Crippen molar-refractivity contribution in [3.63, 3.8) is 0 Å². The largest absolute Gasteiger partial charge is 0.497 e. The fraction of sp³-hybridized carbons (Fsp3) is 0.647. The first-order valence-corrected chi connectivity index (χ1v) is 7.94. The number of aliphatic hydroxyl groups is 2. The molecule has 0 bridgehead atoms. The van der Waals surface area contributed by atoms with Crippen LogP contribution in [0.5, 0.6) is 5.75 Å². The standard InChI is InChI=1S/C17H28N2O3/c1-13-10-15(22-3)11-14(2)17(13)16(21)12-19-6-4-18(5-7-19)8-9-20/h10-11,16,20-21H,4-9,12H2,1-3H3. The summed E-state index contributed by atoms with van der Waals surface area (Å²) in [6, 6.07) is 3.95. The maximum absolute atomic E-state index is 10.6. The maximum atomic E-state index is 10.6. The molecule has 1 aliphatic rings. The third-order valence-electron chi connectivity index (χ3n) is 4.45. The molecule has 1 unspecified atom stereocenters. The van der Waals surface area contributed by atoms with Crippen molar-refractivity contribution in [2.75, 3.05) is 53.0 Å². The number of β-amino-alcohol motifs (C(OH)–C–C–N with tert-alkyl or cyclic N) is 2. The van der Waals surface area contributed by atoms with Crippen LogP contribution in [0.1, 0.15) is 22.8 Å². The summed E-state index contributed by atoms with van der Waals surface area (Å²) in [5.74, 6) is 0.837. The molecule has 1 saturated heterocycles. The summed E-state index contributed by atoms with van der Waals surface area (Å²) in [5.41, 5.74) is 3.16. The van der Waals surface area contributed by atoms with Gasteiger partial charge in [-0.1, -0.05) is 0 Å². The monoisotopic (exact) mass is 308 g/mol. The van der Waals surface area contributed by atoms with Crippen molar-refractivity contribution in [3.8, 4) is 5.75 Å². The summed E-state index contributed by atoms with van der Waals surface area (Å²) in [7, 11) is 1.66. The minimum absolute atomic E-state index is 0.215. The van der Waals surface area contributed by atoms with E-state index in [1.54, 1.807) is 7.11 Å². The molecule has 2 N–H and O–H groups in total. The Morgan fingerprint density at radius 2 is 1.64 bits per heavy atom. The molecule has 0 aromatic heterocycles. The van der Waals surface area contributed by atoms with Gasteiger partial charge in [0.05, 0.1) is 19.8 Å². The third-order valence-corrected chi connectivity index (χ3v) is 4.45. The minimum atomic E-state index is -0.477. The van der Waals surface area contributed by atoms with E-state index >= 15 is 0 Å². The number of hydrogen-bond acceptors (Lipinski definition) is 5. The summed E-state index contributed by atoms with van der Waals surface area (Å²) in [4.78, 5) is 4.55. The molecule has 1 aliphatic heterocycles. The van der Waals surface area contributed by atoms with E-state index in [0.717, 1.165) is 55.2 Å². The average molecular weight is 308 g/mol. The normalized spacial score (nSPS) is 18.4. The van der Waals surface area contributed by atoms with Crippen LogP contribution in [0.25, 0.3) is 0 Å². The van der Waals surface area contributed by atoms with E-state index in [9.17, 15) is 5.11 Å². The lowest BCUT2D eigenvalue weighted by atomic mass is 9.97. The molecule has 0 aliphatic carbocycles. The molecule has 5 nitrogen and oxygen atoms in total. The summed E-state index contributed by atoms with van der Waals surface area (Å²) in [6.07, 6.45) is -0.477. The number of aliphatic hydroxyl groups excluding tert-OH is 2. The highest BCUT2D eigenvalue weighted by atomic mass is 16.5. The lowest BCUT2D eigenvalue weighted by Gasteiger charge is -2.35. The summed E-state index contributed by atoms with van der Waals surface area (Å²) >= 11 is 0. The van der Waals surface area contributed by atoms with Gasteiger partial charge in [-0.3, -0.25) is 9.80 Å². The second-order valence-electron chi connectivity index (χ2n) is 6.06. The van der Waals surface area contributed by atoms with Crippen molar-refractivity contribution >= 4 is 0 Å². The number of aryl methyl sites for hydroxylation is 2. The van der Waals surface area contributed by atoms with Gasteiger partial charge in [0.15, 0.2) is 0 Å². The van der Waals surface area contributed by atoms with Crippen LogP contribution in [-0.2, 0) is 0 Å². The lowest BCUT2D eigenvalue weighted by molar-refractivity contribution is 0.0656. The minimum Gasteiger partial charge on any atom is -0.497 e. The molecule has 22 heavy (non-hydrogen) atoms. The van der Waals surface area contributed by atoms with Gasteiger partial charge in [-0.25, -0.2) is 0 Å². The van der Waals surface area contributed by atoms with Crippen molar-refractivity contribution in [1.29, 1.82) is 0 Å². The van der Waals surface area contributed by atoms with Crippen LogP contribution in [0.15, 0.2) is 12.1 Å². The van der Waals surface area contributed by atoms with E-state index in [-0.39, 0.29) is 6.61 Å². The van der Waals surface area contributed by atoms with Crippen LogP contribution >= 0.6 is 0 Å². The molecule has 5 heteroatoms. The van der Waals surface area contributed by atoms with E-state index in [2.05, 4.69) is 9.80 Å². The number of piperazine rings is 1. The van der Waals surface area contributed by atoms with Crippen LogP contribution in [0.3, 0.4) is 0 Å². The quantitative estimate of drug-likeness (QED) is 0.820. The highest BCUT2D eigenvalue weighted by Gasteiger charge is 2.21. The van der Waals surface area contributed by atoms with E-state index in [1.807, 2.05) is 26.0 Å². The Kier molecular flexibility index (Phi) is 6.20. The molecule has 1 aromatic rings. The van der Waals surface area contributed by atoms with Gasteiger partial charge in [-0.15, -0.1) is 0 Å². The number of nitrogens with zero attached hydrogens (tertiary/aromatic N) is 2. The fourth-order valence-corrected chi connectivity index (χ4v) is 3.25. The SMILES string of the molecule is COc1cc(C)c(C(O)CN2CCN(CCO)CC2)c(C)c1. The Balaban J connectivity index is 1.97. The van der Waals surface area contributed by atoms with Crippen molar-refractivity contribution in [2.24, 2.45) is 0 Å². The van der Waals surface area contributed by atoms with Crippen molar-refractivity contribution in [1.82, 2.24) is 9.80 Å². The summed E-state index contributed by atoms with van der Waals surface area (Å²) < 4.78 is 5.28. The Bertz CT molecular complexity index is 462. The molecule has 0 saturated carbocycles. The second-order valence-corrected chi connectivity index (χ2v) is 6.06. The number of methoxy groups -OCH3 is 1. The highest BCUT2D eigenvalue weighted by molar-refractivity contribution is 5.42. The van der Waals surface area contributed by atoms with Crippen molar-refractivity contribution in [2.45, 2.75) is 20.0 Å². The predicted octanol–water partition coefficient (Wildman–Crippen LogP) is 0.955. The zero-order valence-corrected chi connectivity index (χ0v) is 13.9. The van der Waals surface area contributed by atoms with Gasteiger partial charge < -0.3 is 14.9 Å².